The van der Waals surface area contributed by atoms with Crippen molar-refractivity contribution in [3.63, 3.8) is 0 Å². The minimum Gasteiger partial charge on any atom is -0.494 e. The monoisotopic (exact) mass is 485 g/mol. The number of carbonyl (C=O) groups is 2. The summed E-state index contributed by atoms with van der Waals surface area (Å²) in [4.78, 5) is 29.8. The summed E-state index contributed by atoms with van der Waals surface area (Å²) >= 11 is 3.43. The van der Waals surface area contributed by atoms with E-state index in [-0.39, 0.29) is 17.7 Å². The van der Waals surface area contributed by atoms with E-state index in [9.17, 15) is 9.59 Å². The molecule has 1 heterocycles. The topological polar surface area (TPSA) is 98.1 Å². The van der Waals surface area contributed by atoms with Crippen LogP contribution in [0.5, 0.6) is 5.75 Å². The summed E-state index contributed by atoms with van der Waals surface area (Å²) < 4.78 is 7.76. The number of ether oxygens (including phenoxy) is 1. The Hall–Kier alpha value is -3.20. The minimum atomic E-state index is -0.735. The van der Waals surface area contributed by atoms with Gasteiger partial charge in [-0.2, -0.15) is 5.10 Å². The summed E-state index contributed by atoms with van der Waals surface area (Å²) in [6, 6.07) is 11.5. The highest BCUT2D eigenvalue weighted by Crippen LogP contribution is 2.25. The smallest absolute Gasteiger partial charge is 0.251 e. The van der Waals surface area contributed by atoms with Crippen molar-refractivity contribution >= 4 is 33.4 Å². The van der Waals surface area contributed by atoms with Gasteiger partial charge in [-0.3, -0.25) is 9.59 Å². The van der Waals surface area contributed by atoms with Crippen LogP contribution in [0.4, 0.5) is 5.69 Å². The normalized spacial score (nSPS) is 11.8. The molecule has 3 rings (SSSR count). The maximum atomic E-state index is 13.1. The molecule has 0 bridgehead atoms. The lowest BCUT2D eigenvalue weighted by Gasteiger charge is -2.22. The van der Waals surface area contributed by atoms with Gasteiger partial charge in [0.15, 0.2) is 0 Å². The number of nitrogens with zero attached hydrogens (tertiary/aromatic N) is 3. The number of rotatable bonds is 8. The molecule has 1 unspecified atom stereocenters. The van der Waals surface area contributed by atoms with Gasteiger partial charge in [0.25, 0.3) is 5.91 Å². The van der Waals surface area contributed by atoms with Gasteiger partial charge in [0, 0.05) is 10.0 Å². The molecule has 0 spiro atoms. The summed E-state index contributed by atoms with van der Waals surface area (Å²) in [7, 11) is 0. The zero-order chi connectivity index (χ0) is 22.4. The number of hydrogen-bond donors (Lipinski definition) is 2. The second-order valence-corrected chi connectivity index (χ2v) is 8.06. The lowest BCUT2D eigenvalue weighted by molar-refractivity contribution is -0.118. The van der Waals surface area contributed by atoms with Gasteiger partial charge in [-0.15, -0.1) is 0 Å². The van der Waals surface area contributed by atoms with Crippen LogP contribution in [0.25, 0.3) is 5.69 Å². The molecule has 31 heavy (non-hydrogen) atoms. The van der Waals surface area contributed by atoms with E-state index < -0.39 is 6.04 Å². The fourth-order valence-electron chi connectivity index (χ4n) is 2.98. The van der Waals surface area contributed by atoms with Crippen molar-refractivity contribution in [2.24, 2.45) is 5.92 Å². The van der Waals surface area contributed by atoms with Crippen LogP contribution in [0.1, 0.15) is 31.1 Å². The number of halogens is 1. The molecule has 1 atom stereocenters. The lowest BCUT2D eigenvalue weighted by Crippen LogP contribution is -2.47. The summed E-state index contributed by atoms with van der Waals surface area (Å²) in [5.74, 6) is -0.0995. The van der Waals surface area contributed by atoms with Crippen LogP contribution in [0.2, 0.25) is 0 Å². The third-order valence-corrected chi connectivity index (χ3v) is 5.04. The molecule has 0 aliphatic heterocycles. The van der Waals surface area contributed by atoms with Crippen LogP contribution in [-0.2, 0) is 4.79 Å². The van der Waals surface area contributed by atoms with E-state index in [1.165, 1.54) is 6.33 Å². The van der Waals surface area contributed by atoms with Crippen LogP contribution in [0, 0.1) is 5.92 Å². The predicted molar refractivity (Wildman–Crippen MR) is 121 cm³/mol. The van der Waals surface area contributed by atoms with Crippen LogP contribution in [0.3, 0.4) is 0 Å². The summed E-state index contributed by atoms with van der Waals surface area (Å²) in [5, 5.41) is 9.88. The zero-order valence-electron chi connectivity index (χ0n) is 17.5. The molecule has 9 heteroatoms. The largest absolute Gasteiger partial charge is 0.494 e. The second kappa shape index (κ2) is 10.2. The number of hydrogen-bond acceptors (Lipinski definition) is 5. The summed E-state index contributed by atoms with van der Waals surface area (Å²) in [5.41, 5.74) is 1.66. The molecule has 2 amide bonds. The van der Waals surface area contributed by atoms with Crippen molar-refractivity contribution in [3.8, 4) is 11.4 Å². The zero-order valence-corrected chi connectivity index (χ0v) is 19.1. The van der Waals surface area contributed by atoms with Gasteiger partial charge in [0.1, 0.15) is 24.4 Å². The first-order chi connectivity index (χ1) is 14.9. The van der Waals surface area contributed by atoms with Crippen molar-refractivity contribution in [2.45, 2.75) is 26.8 Å². The van der Waals surface area contributed by atoms with Crippen LogP contribution < -0.4 is 15.4 Å². The molecule has 1 aromatic heterocycles. The molecule has 0 saturated heterocycles. The Morgan fingerprint density at radius 3 is 2.52 bits per heavy atom. The fourth-order valence-corrected chi connectivity index (χ4v) is 3.34. The predicted octanol–water partition coefficient (Wildman–Crippen LogP) is 3.82. The molecule has 8 nitrogen and oxygen atoms in total. The Balaban J connectivity index is 1.77. The quantitative estimate of drug-likeness (QED) is 0.505. The molecule has 162 valence electrons. The Labute approximate surface area is 189 Å². The van der Waals surface area contributed by atoms with Gasteiger partial charge in [-0.25, -0.2) is 9.67 Å². The first-order valence-electron chi connectivity index (χ1n) is 9.88. The second-order valence-electron chi connectivity index (χ2n) is 7.14. The average molecular weight is 486 g/mol. The molecule has 0 fully saturated rings. The van der Waals surface area contributed by atoms with Gasteiger partial charge in [-0.1, -0.05) is 29.8 Å². The molecular formula is C22H24BrN5O3. The number of anilines is 1. The van der Waals surface area contributed by atoms with Crippen molar-refractivity contribution < 1.29 is 14.3 Å². The standard InChI is InChI=1S/C22H24BrN5O3/c1-4-31-17-8-5-15(6-9-17)21(29)27-20(14(2)3)22(30)26-18-11-16(23)7-10-19(18)28-13-24-12-25-28/h5-14,20H,4H2,1-3H3,(H,26,30)(H,27,29). The molecule has 0 aliphatic carbocycles. The Bertz CT molecular complexity index is 1040. The highest BCUT2D eigenvalue weighted by molar-refractivity contribution is 9.10. The third kappa shape index (κ3) is 5.69. The number of aromatic nitrogens is 3. The molecule has 2 aromatic carbocycles. The van der Waals surface area contributed by atoms with Crippen molar-refractivity contribution in [1.82, 2.24) is 20.1 Å². The van der Waals surface area contributed by atoms with E-state index in [4.69, 9.17) is 4.74 Å². The van der Waals surface area contributed by atoms with E-state index in [0.717, 1.165) is 4.47 Å². The number of amides is 2. The first-order valence-corrected chi connectivity index (χ1v) is 10.7. The first kappa shape index (κ1) is 22.5. The van der Waals surface area contributed by atoms with E-state index in [0.29, 0.717) is 29.3 Å². The fraction of sp³-hybridized carbons (Fsp3) is 0.273. The highest BCUT2D eigenvalue weighted by Gasteiger charge is 2.25. The molecule has 0 aliphatic rings. The average Bonchev–Trinajstić information content (AvgIpc) is 3.27. The maximum absolute atomic E-state index is 13.1. The van der Waals surface area contributed by atoms with Gasteiger partial charge >= 0.3 is 0 Å². The van der Waals surface area contributed by atoms with Crippen LogP contribution in [0.15, 0.2) is 59.6 Å². The molecule has 3 aromatic rings. The van der Waals surface area contributed by atoms with E-state index in [1.54, 1.807) is 41.3 Å². The maximum Gasteiger partial charge on any atom is 0.251 e. The van der Waals surface area contributed by atoms with Crippen molar-refractivity contribution in [2.75, 3.05) is 11.9 Å². The third-order valence-electron chi connectivity index (χ3n) is 4.55. The van der Waals surface area contributed by atoms with Gasteiger partial charge < -0.3 is 15.4 Å². The van der Waals surface area contributed by atoms with E-state index in [2.05, 4.69) is 36.6 Å². The Kier molecular flexibility index (Phi) is 7.41. The van der Waals surface area contributed by atoms with E-state index >= 15 is 0 Å². The van der Waals surface area contributed by atoms with Crippen LogP contribution >= 0.6 is 15.9 Å². The summed E-state index contributed by atoms with van der Waals surface area (Å²) in [6.07, 6.45) is 2.97. The molecule has 2 N–H and O–H groups in total. The Morgan fingerprint density at radius 1 is 1.16 bits per heavy atom. The minimum absolute atomic E-state index is 0.131. The van der Waals surface area contributed by atoms with E-state index in [1.807, 2.05) is 32.9 Å². The highest BCUT2D eigenvalue weighted by atomic mass is 79.9. The van der Waals surface area contributed by atoms with Gasteiger partial charge in [-0.05, 0) is 55.3 Å². The van der Waals surface area contributed by atoms with Crippen molar-refractivity contribution in [1.29, 1.82) is 0 Å². The number of carbonyl (C=O) groups excluding carboxylic acids is 2. The van der Waals surface area contributed by atoms with Crippen LogP contribution in [-0.4, -0.2) is 39.2 Å². The van der Waals surface area contributed by atoms with Gasteiger partial charge in [0.05, 0.1) is 18.0 Å². The number of nitrogens with one attached hydrogen (secondary N) is 2. The SMILES string of the molecule is CCOc1ccc(C(=O)NC(C(=O)Nc2cc(Br)ccc2-n2cncn2)C(C)C)cc1. The Morgan fingerprint density at radius 2 is 1.90 bits per heavy atom. The molecule has 0 radical (unpaired) electrons. The molecular weight excluding hydrogens is 462 g/mol. The molecule has 0 saturated carbocycles. The lowest BCUT2D eigenvalue weighted by atomic mass is 10.0. The summed E-state index contributed by atoms with van der Waals surface area (Å²) in [6.45, 7) is 6.20. The number of benzene rings is 2. The van der Waals surface area contributed by atoms with Gasteiger partial charge in [0.2, 0.25) is 5.91 Å². The van der Waals surface area contributed by atoms with Crippen molar-refractivity contribution in [3.05, 3.63) is 65.2 Å².